The van der Waals surface area contributed by atoms with Crippen molar-refractivity contribution in [2.24, 2.45) is 0 Å². The summed E-state index contributed by atoms with van der Waals surface area (Å²) in [5.41, 5.74) is 0.441. The summed E-state index contributed by atoms with van der Waals surface area (Å²) in [5.74, 6) is -0.408. The summed E-state index contributed by atoms with van der Waals surface area (Å²) in [7, 11) is 0. The lowest BCUT2D eigenvalue weighted by Gasteiger charge is -2.23. The number of carbonyl (C=O) groups excluding carboxylic acids is 1. The lowest BCUT2D eigenvalue weighted by atomic mass is 10.0. The van der Waals surface area contributed by atoms with Crippen LogP contribution < -0.4 is 5.32 Å². The molecule has 1 heterocycles. The first-order valence-corrected chi connectivity index (χ1v) is 4.93. The monoisotopic (exact) mass is 229 g/mol. The van der Waals surface area contributed by atoms with E-state index in [2.05, 4.69) is 5.32 Å². The summed E-state index contributed by atoms with van der Waals surface area (Å²) in [6.45, 7) is 0.304. The van der Waals surface area contributed by atoms with E-state index in [9.17, 15) is 9.18 Å². The second-order valence-corrected chi connectivity index (χ2v) is 3.72. The van der Waals surface area contributed by atoms with E-state index in [1.54, 1.807) is 12.1 Å². The molecule has 0 spiro atoms. The normalized spacial score (nSPS) is 20.7. The number of carbonyl (C=O) groups is 1. The Morgan fingerprint density at radius 1 is 1.53 bits per heavy atom. The number of halogens is 2. The Balaban J connectivity index is 2.24. The number of cyclic esters (lactones) is 1. The van der Waals surface area contributed by atoms with Gasteiger partial charge in [-0.3, -0.25) is 0 Å². The third kappa shape index (κ3) is 2.21. The zero-order chi connectivity index (χ0) is 10.8. The molecule has 2 rings (SSSR count). The molecule has 0 radical (unpaired) electrons. The molecule has 0 aliphatic carbocycles. The molecular weight excluding hydrogens is 221 g/mol. The first-order valence-electron chi connectivity index (χ1n) is 4.55. The summed E-state index contributed by atoms with van der Waals surface area (Å²) in [4.78, 5) is 10.9. The van der Waals surface area contributed by atoms with Gasteiger partial charge in [-0.15, -0.1) is 0 Å². The van der Waals surface area contributed by atoms with Crippen LogP contribution in [-0.2, 0) is 4.74 Å². The van der Waals surface area contributed by atoms with Crippen LogP contribution in [0.1, 0.15) is 18.0 Å². The summed E-state index contributed by atoms with van der Waals surface area (Å²) in [6.07, 6.45) is 0.0465. The van der Waals surface area contributed by atoms with Gasteiger partial charge in [-0.2, -0.15) is 0 Å². The molecule has 80 valence electrons. The maximum Gasteiger partial charge on any atom is 0.407 e. The first-order chi connectivity index (χ1) is 7.16. The predicted octanol–water partition coefficient (Wildman–Crippen LogP) is 2.65. The molecule has 1 aliphatic heterocycles. The lowest BCUT2D eigenvalue weighted by molar-refractivity contribution is 0.115. The van der Waals surface area contributed by atoms with Gasteiger partial charge in [0.15, 0.2) is 0 Å². The average molecular weight is 230 g/mol. The highest BCUT2D eigenvalue weighted by atomic mass is 35.5. The van der Waals surface area contributed by atoms with Crippen molar-refractivity contribution in [2.45, 2.75) is 12.5 Å². The van der Waals surface area contributed by atoms with Crippen LogP contribution in [0.4, 0.5) is 9.18 Å². The van der Waals surface area contributed by atoms with E-state index in [4.69, 9.17) is 16.3 Å². The van der Waals surface area contributed by atoms with Crippen LogP contribution >= 0.6 is 11.6 Å². The van der Waals surface area contributed by atoms with E-state index in [1.807, 2.05) is 0 Å². The summed E-state index contributed by atoms with van der Waals surface area (Å²) in [6, 6.07) is 4.08. The smallest absolute Gasteiger partial charge is 0.407 e. The molecule has 1 aromatic rings. The Labute approximate surface area is 91.2 Å². The summed E-state index contributed by atoms with van der Waals surface area (Å²) in [5, 5.41) is 2.89. The van der Waals surface area contributed by atoms with Crippen molar-refractivity contribution in [1.82, 2.24) is 5.32 Å². The second-order valence-electron chi connectivity index (χ2n) is 3.29. The quantitative estimate of drug-likeness (QED) is 0.804. The van der Waals surface area contributed by atoms with Crippen LogP contribution in [0.15, 0.2) is 18.2 Å². The minimum absolute atomic E-state index is 0.304. The highest BCUT2D eigenvalue weighted by Gasteiger charge is 2.23. The summed E-state index contributed by atoms with van der Waals surface area (Å²) >= 11 is 5.63. The number of benzene rings is 1. The number of alkyl carbamates (subject to hydrolysis) is 1. The Bertz CT molecular complexity index is 397. The van der Waals surface area contributed by atoms with Crippen molar-refractivity contribution >= 4 is 17.7 Å². The predicted molar refractivity (Wildman–Crippen MR) is 53.3 cm³/mol. The SMILES string of the molecule is O=C1N[C@@H](c2ccc(Cl)cc2F)CCO1. The fraction of sp³-hybridized carbons (Fsp3) is 0.300. The van der Waals surface area contributed by atoms with Crippen molar-refractivity contribution in [2.75, 3.05) is 6.61 Å². The van der Waals surface area contributed by atoms with E-state index in [0.29, 0.717) is 23.6 Å². The average Bonchev–Trinajstić information content (AvgIpc) is 2.17. The van der Waals surface area contributed by atoms with Gasteiger partial charge in [0.2, 0.25) is 0 Å². The highest BCUT2D eigenvalue weighted by Crippen LogP contribution is 2.24. The zero-order valence-corrected chi connectivity index (χ0v) is 8.55. The summed E-state index contributed by atoms with van der Waals surface area (Å²) < 4.78 is 18.2. The number of amides is 1. The molecule has 1 fully saturated rings. The van der Waals surface area contributed by atoms with Gasteiger partial charge in [-0.1, -0.05) is 17.7 Å². The maximum absolute atomic E-state index is 13.5. The number of nitrogens with one attached hydrogen (secondary N) is 1. The standard InChI is InChI=1S/C10H9ClFNO2/c11-6-1-2-7(8(12)5-6)9-3-4-15-10(14)13-9/h1-2,5,9H,3-4H2,(H,13,14)/t9-/m1/s1. The third-order valence-corrected chi connectivity index (χ3v) is 2.50. The molecular formula is C10H9ClFNO2. The molecule has 0 aromatic heterocycles. The lowest BCUT2D eigenvalue weighted by Crippen LogP contribution is -2.35. The molecule has 0 bridgehead atoms. The Kier molecular flexibility index (Phi) is 2.77. The van der Waals surface area contributed by atoms with Gasteiger partial charge in [-0.05, 0) is 12.1 Å². The Morgan fingerprint density at radius 3 is 3.00 bits per heavy atom. The molecule has 1 saturated heterocycles. The molecule has 3 nitrogen and oxygen atoms in total. The maximum atomic E-state index is 13.5. The van der Waals surface area contributed by atoms with Crippen molar-refractivity contribution in [3.05, 3.63) is 34.6 Å². The first kappa shape index (κ1) is 10.2. The highest BCUT2D eigenvalue weighted by molar-refractivity contribution is 6.30. The van der Waals surface area contributed by atoms with E-state index < -0.39 is 11.9 Å². The van der Waals surface area contributed by atoms with Crippen LogP contribution in [0.25, 0.3) is 0 Å². The number of ether oxygens (including phenoxy) is 1. The van der Waals surface area contributed by atoms with Gasteiger partial charge in [0, 0.05) is 17.0 Å². The van der Waals surface area contributed by atoms with E-state index in [-0.39, 0.29) is 6.04 Å². The number of hydrogen-bond donors (Lipinski definition) is 1. The van der Waals surface area contributed by atoms with Gasteiger partial charge in [0.05, 0.1) is 12.6 Å². The topological polar surface area (TPSA) is 38.3 Å². The number of rotatable bonds is 1. The second kappa shape index (κ2) is 4.06. The minimum atomic E-state index is -0.513. The third-order valence-electron chi connectivity index (χ3n) is 2.27. The molecule has 1 N–H and O–H groups in total. The molecule has 1 amide bonds. The van der Waals surface area contributed by atoms with Crippen molar-refractivity contribution in [1.29, 1.82) is 0 Å². The molecule has 1 aliphatic rings. The largest absolute Gasteiger partial charge is 0.449 e. The van der Waals surface area contributed by atoms with Crippen LogP contribution in [0.5, 0.6) is 0 Å². The van der Waals surface area contributed by atoms with E-state index >= 15 is 0 Å². The van der Waals surface area contributed by atoms with Gasteiger partial charge in [0.25, 0.3) is 0 Å². The van der Waals surface area contributed by atoms with Crippen molar-refractivity contribution < 1.29 is 13.9 Å². The molecule has 15 heavy (non-hydrogen) atoms. The van der Waals surface area contributed by atoms with Gasteiger partial charge >= 0.3 is 6.09 Å². The van der Waals surface area contributed by atoms with Crippen LogP contribution in [0, 0.1) is 5.82 Å². The Morgan fingerprint density at radius 2 is 2.33 bits per heavy atom. The fourth-order valence-electron chi connectivity index (χ4n) is 1.54. The van der Waals surface area contributed by atoms with Crippen molar-refractivity contribution in [3.8, 4) is 0 Å². The van der Waals surface area contributed by atoms with E-state index in [1.165, 1.54) is 6.07 Å². The fourth-order valence-corrected chi connectivity index (χ4v) is 1.70. The molecule has 0 unspecified atom stereocenters. The van der Waals surface area contributed by atoms with Crippen LogP contribution in [0.3, 0.4) is 0 Å². The number of hydrogen-bond acceptors (Lipinski definition) is 2. The van der Waals surface area contributed by atoms with Crippen molar-refractivity contribution in [3.63, 3.8) is 0 Å². The molecule has 0 saturated carbocycles. The van der Waals surface area contributed by atoms with Crippen LogP contribution in [-0.4, -0.2) is 12.7 Å². The van der Waals surface area contributed by atoms with Gasteiger partial charge in [-0.25, -0.2) is 9.18 Å². The van der Waals surface area contributed by atoms with Crippen LogP contribution in [0.2, 0.25) is 5.02 Å². The molecule has 5 heteroatoms. The Hall–Kier alpha value is -1.29. The van der Waals surface area contributed by atoms with E-state index in [0.717, 1.165) is 0 Å². The molecule has 1 atom stereocenters. The molecule has 1 aromatic carbocycles. The van der Waals surface area contributed by atoms with Gasteiger partial charge in [0.1, 0.15) is 5.82 Å². The van der Waals surface area contributed by atoms with Gasteiger partial charge < -0.3 is 10.1 Å². The minimum Gasteiger partial charge on any atom is -0.449 e. The zero-order valence-electron chi connectivity index (χ0n) is 7.80.